The van der Waals surface area contributed by atoms with Crippen LogP contribution in [0.3, 0.4) is 0 Å². The number of piperidine rings is 1. The van der Waals surface area contributed by atoms with E-state index in [1.807, 2.05) is 36.9 Å². The fourth-order valence-corrected chi connectivity index (χ4v) is 5.39. The zero-order valence-electron chi connectivity index (χ0n) is 21.2. The van der Waals surface area contributed by atoms with Gasteiger partial charge in [-0.25, -0.2) is 4.39 Å². The molecule has 1 saturated heterocycles. The number of phenols is 1. The van der Waals surface area contributed by atoms with Crippen molar-refractivity contribution in [1.82, 2.24) is 19.6 Å². The number of methoxy groups -OCH3 is 1. The number of aromatic nitrogens is 2. The largest absolute Gasteiger partial charge is 0.507 e. The van der Waals surface area contributed by atoms with E-state index in [1.165, 1.54) is 5.56 Å². The van der Waals surface area contributed by atoms with E-state index >= 15 is 0 Å². The summed E-state index contributed by atoms with van der Waals surface area (Å²) >= 11 is 0. The van der Waals surface area contributed by atoms with E-state index in [4.69, 9.17) is 4.74 Å². The van der Waals surface area contributed by atoms with Gasteiger partial charge in [0, 0.05) is 43.5 Å². The average molecular weight is 481 g/mol. The first-order valence-corrected chi connectivity index (χ1v) is 12.4. The Kier molecular flexibility index (Phi) is 8.08. The van der Waals surface area contributed by atoms with Crippen molar-refractivity contribution < 1.29 is 14.2 Å². The van der Waals surface area contributed by atoms with Crippen LogP contribution in [0.4, 0.5) is 4.39 Å². The van der Waals surface area contributed by atoms with Crippen LogP contribution in [0.5, 0.6) is 11.5 Å². The Labute approximate surface area is 207 Å². The Morgan fingerprint density at radius 3 is 2.54 bits per heavy atom. The number of phenolic OH excluding ortho intramolecular Hbond substituents is 1. The molecule has 1 aliphatic heterocycles. The molecule has 6 nitrogen and oxygen atoms in total. The van der Waals surface area contributed by atoms with Gasteiger partial charge in [0.2, 0.25) is 0 Å². The molecule has 1 atom stereocenters. The number of aryl methyl sites for hydroxylation is 2. The highest BCUT2D eigenvalue weighted by Gasteiger charge is 2.31. The molecule has 0 bridgehead atoms. The number of aromatic hydroxyl groups is 1. The molecule has 35 heavy (non-hydrogen) atoms. The Morgan fingerprint density at radius 2 is 1.89 bits per heavy atom. The molecule has 2 heterocycles. The Hall–Kier alpha value is -2.90. The molecule has 0 spiro atoms. The Balaban J connectivity index is 1.48. The second kappa shape index (κ2) is 11.2. The molecule has 0 amide bonds. The minimum atomic E-state index is -0.132. The van der Waals surface area contributed by atoms with E-state index in [9.17, 15) is 9.50 Å². The average Bonchev–Trinajstić information content (AvgIpc) is 3.16. The van der Waals surface area contributed by atoms with Gasteiger partial charge in [-0.05, 0) is 76.0 Å². The van der Waals surface area contributed by atoms with Gasteiger partial charge in [-0.1, -0.05) is 24.3 Å². The summed E-state index contributed by atoms with van der Waals surface area (Å²) in [5.74, 6) is 1.30. The van der Waals surface area contributed by atoms with Crippen LogP contribution in [-0.2, 0) is 26.6 Å². The van der Waals surface area contributed by atoms with Crippen molar-refractivity contribution in [3.63, 3.8) is 0 Å². The SMILES string of the molecule is COc1cccc(O)c1CN1CCC(C(Cc2ccccc2F)N(C)Cc2cn(C)nc2C)CC1. The third kappa shape index (κ3) is 6.03. The normalized spacial score (nSPS) is 16.1. The number of rotatable bonds is 9. The van der Waals surface area contributed by atoms with Gasteiger partial charge in [-0.3, -0.25) is 14.5 Å². The van der Waals surface area contributed by atoms with Crippen molar-refractivity contribution in [2.75, 3.05) is 27.2 Å². The van der Waals surface area contributed by atoms with Gasteiger partial charge in [-0.2, -0.15) is 5.10 Å². The molecule has 0 aliphatic carbocycles. The van der Waals surface area contributed by atoms with E-state index in [1.54, 1.807) is 31.4 Å². The van der Waals surface area contributed by atoms with Crippen LogP contribution in [0.2, 0.25) is 0 Å². The third-order valence-electron chi connectivity index (χ3n) is 7.37. The van der Waals surface area contributed by atoms with Gasteiger partial charge in [0.05, 0.1) is 12.8 Å². The van der Waals surface area contributed by atoms with Gasteiger partial charge < -0.3 is 9.84 Å². The maximum atomic E-state index is 14.6. The standard InChI is InChI=1S/C28H37FN4O2/c1-20-23(18-32(3)30-20)17-31(2)26(16-22-8-5-6-9-25(22)29)21-12-14-33(15-13-21)19-24-27(34)10-7-11-28(24)35-4/h5-11,18,21,26,34H,12-17,19H2,1-4H3. The molecule has 7 heteroatoms. The summed E-state index contributed by atoms with van der Waals surface area (Å²) in [6, 6.07) is 12.8. The lowest BCUT2D eigenvalue weighted by Gasteiger charge is -2.40. The molecule has 2 aromatic carbocycles. The first kappa shape index (κ1) is 25.2. The summed E-state index contributed by atoms with van der Waals surface area (Å²) in [5, 5.41) is 14.9. The number of likely N-dealkylation sites (N-methyl/N-ethyl adjacent to an activating group) is 1. The number of nitrogens with zero attached hydrogens (tertiary/aromatic N) is 4. The van der Waals surface area contributed by atoms with E-state index in [0.29, 0.717) is 18.9 Å². The lowest BCUT2D eigenvalue weighted by atomic mass is 9.84. The van der Waals surface area contributed by atoms with E-state index in [0.717, 1.165) is 55.0 Å². The molecule has 4 rings (SSSR count). The molecule has 1 unspecified atom stereocenters. The van der Waals surface area contributed by atoms with Crippen molar-refractivity contribution in [3.05, 3.63) is 76.9 Å². The maximum Gasteiger partial charge on any atom is 0.127 e. The minimum absolute atomic E-state index is 0.132. The number of ether oxygens (including phenoxy) is 1. The number of likely N-dealkylation sites (tertiary alicyclic amines) is 1. The van der Waals surface area contributed by atoms with Gasteiger partial charge in [0.1, 0.15) is 17.3 Å². The number of halogens is 1. The van der Waals surface area contributed by atoms with Crippen molar-refractivity contribution in [2.45, 2.75) is 45.3 Å². The molecular formula is C28H37FN4O2. The van der Waals surface area contributed by atoms with Crippen molar-refractivity contribution in [1.29, 1.82) is 0 Å². The lowest BCUT2D eigenvalue weighted by Crippen LogP contribution is -2.45. The highest BCUT2D eigenvalue weighted by Crippen LogP contribution is 2.32. The molecule has 1 N–H and O–H groups in total. The van der Waals surface area contributed by atoms with Crippen LogP contribution in [-0.4, -0.2) is 58.0 Å². The maximum absolute atomic E-state index is 14.6. The summed E-state index contributed by atoms with van der Waals surface area (Å²) in [7, 11) is 5.73. The summed E-state index contributed by atoms with van der Waals surface area (Å²) in [4.78, 5) is 4.75. The van der Waals surface area contributed by atoms with Crippen molar-refractivity contribution in [2.24, 2.45) is 13.0 Å². The fourth-order valence-electron chi connectivity index (χ4n) is 5.39. The first-order chi connectivity index (χ1) is 16.9. The van der Waals surface area contributed by atoms with Gasteiger partial charge in [0.15, 0.2) is 0 Å². The predicted molar refractivity (Wildman–Crippen MR) is 136 cm³/mol. The number of hydrogen-bond donors (Lipinski definition) is 1. The van der Waals surface area contributed by atoms with E-state index < -0.39 is 0 Å². The van der Waals surface area contributed by atoms with Crippen LogP contribution >= 0.6 is 0 Å². The molecule has 0 radical (unpaired) electrons. The highest BCUT2D eigenvalue weighted by molar-refractivity contribution is 5.43. The molecule has 3 aromatic rings. The zero-order valence-corrected chi connectivity index (χ0v) is 21.2. The lowest BCUT2D eigenvalue weighted by molar-refractivity contribution is 0.0941. The second-order valence-corrected chi connectivity index (χ2v) is 9.76. The number of benzene rings is 2. The third-order valence-corrected chi connectivity index (χ3v) is 7.37. The van der Waals surface area contributed by atoms with Crippen molar-refractivity contribution in [3.8, 4) is 11.5 Å². The fraction of sp³-hybridized carbons (Fsp3) is 0.464. The van der Waals surface area contributed by atoms with Gasteiger partial charge in [-0.15, -0.1) is 0 Å². The Morgan fingerprint density at radius 1 is 1.14 bits per heavy atom. The smallest absolute Gasteiger partial charge is 0.127 e. The van der Waals surface area contributed by atoms with E-state index in [-0.39, 0.29) is 17.6 Å². The van der Waals surface area contributed by atoms with Gasteiger partial charge >= 0.3 is 0 Å². The summed E-state index contributed by atoms with van der Waals surface area (Å²) in [6.45, 7) is 5.34. The number of hydrogen-bond acceptors (Lipinski definition) is 5. The first-order valence-electron chi connectivity index (χ1n) is 12.4. The summed E-state index contributed by atoms with van der Waals surface area (Å²) < 4.78 is 21.9. The molecule has 1 aliphatic rings. The summed E-state index contributed by atoms with van der Waals surface area (Å²) in [6.07, 6.45) is 4.80. The van der Waals surface area contributed by atoms with Crippen LogP contribution in [0.15, 0.2) is 48.7 Å². The molecule has 1 aromatic heterocycles. The zero-order chi connectivity index (χ0) is 24.9. The summed E-state index contributed by atoms with van der Waals surface area (Å²) in [5.41, 5.74) is 3.85. The minimum Gasteiger partial charge on any atom is -0.507 e. The van der Waals surface area contributed by atoms with Crippen LogP contribution in [0, 0.1) is 18.7 Å². The molecular weight excluding hydrogens is 443 g/mol. The molecule has 0 saturated carbocycles. The second-order valence-electron chi connectivity index (χ2n) is 9.76. The van der Waals surface area contributed by atoms with Crippen LogP contribution in [0.25, 0.3) is 0 Å². The van der Waals surface area contributed by atoms with Crippen LogP contribution in [0.1, 0.15) is 35.2 Å². The van der Waals surface area contributed by atoms with Gasteiger partial charge in [0.25, 0.3) is 0 Å². The predicted octanol–water partition coefficient (Wildman–Crippen LogP) is 4.54. The van der Waals surface area contributed by atoms with E-state index in [2.05, 4.69) is 28.1 Å². The highest BCUT2D eigenvalue weighted by atomic mass is 19.1. The molecule has 1 fully saturated rings. The Bertz CT molecular complexity index is 1120. The van der Waals surface area contributed by atoms with Crippen LogP contribution < -0.4 is 4.74 Å². The topological polar surface area (TPSA) is 53.8 Å². The molecule has 188 valence electrons. The van der Waals surface area contributed by atoms with Crippen molar-refractivity contribution >= 4 is 0 Å². The quantitative estimate of drug-likeness (QED) is 0.488. The monoisotopic (exact) mass is 480 g/mol.